The van der Waals surface area contributed by atoms with Crippen molar-refractivity contribution in [3.8, 4) is 11.5 Å². The SMILES string of the molecule is Cc1[nH]c(C(=O)NC2CCN(c3nc(-c4nccc(N5CCN(CC(C)C)CC5)n4)c(C(=O)O)s3)CC2C)c(Cl)c1Cl. The van der Waals surface area contributed by atoms with E-state index < -0.39 is 5.97 Å². The molecule has 0 saturated carbocycles. The summed E-state index contributed by atoms with van der Waals surface area (Å²) in [4.78, 5) is 48.8. The monoisotopic (exact) mass is 634 g/mol. The number of hydrogen-bond acceptors (Lipinski definition) is 9. The van der Waals surface area contributed by atoms with E-state index in [0.29, 0.717) is 47.1 Å². The van der Waals surface area contributed by atoms with Gasteiger partial charge in [-0.3, -0.25) is 9.69 Å². The molecule has 2 atom stereocenters. The maximum Gasteiger partial charge on any atom is 0.348 e. The number of aryl methyl sites for hydroxylation is 1. The maximum atomic E-state index is 12.9. The average Bonchev–Trinajstić information content (AvgIpc) is 3.52. The molecule has 2 saturated heterocycles. The van der Waals surface area contributed by atoms with Gasteiger partial charge in [-0.2, -0.15) is 0 Å². The third kappa shape index (κ3) is 6.51. The van der Waals surface area contributed by atoms with E-state index in [0.717, 1.165) is 49.9 Å². The molecule has 2 fully saturated rings. The van der Waals surface area contributed by atoms with Gasteiger partial charge in [0, 0.05) is 63.7 Å². The summed E-state index contributed by atoms with van der Waals surface area (Å²) in [5, 5.41) is 14.2. The first-order chi connectivity index (χ1) is 20.0. The Morgan fingerprint density at radius 1 is 1.14 bits per heavy atom. The molecule has 1 amide bonds. The molecule has 14 heteroatoms. The number of carbonyl (C=O) groups is 2. The van der Waals surface area contributed by atoms with Crippen LogP contribution < -0.4 is 15.1 Å². The Balaban J connectivity index is 1.28. The summed E-state index contributed by atoms with van der Waals surface area (Å²) >= 11 is 13.5. The molecule has 42 heavy (non-hydrogen) atoms. The molecular formula is C28H36Cl2N8O3S. The molecule has 0 aliphatic carbocycles. The number of H-pyrrole nitrogens is 1. The van der Waals surface area contributed by atoms with Crippen molar-refractivity contribution in [1.29, 1.82) is 0 Å². The number of carboxylic acids is 1. The maximum absolute atomic E-state index is 12.9. The summed E-state index contributed by atoms with van der Waals surface area (Å²) in [5.74, 6) is 0.418. The predicted octanol–water partition coefficient (Wildman–Crippen LogP) is 4.66. The van der Waals surface area contributed by atoms with Gasteiger partial charge in [0.25, 0.3) is 5.91 Å². The van der Waals surface area contributed by atoms with E-state index in [2.05, 4.69) is 43.8 Å². The lowest BCUT2D eigenvalue weighted by Crippen LogP contribution is -2.50. The molecule has 3 N–H and O–H groups in total. The molecular weight excluding hydrogens is 599 g/mol. The van der Waals surface area contributed by atoms with Gasteiger partial charge in [0.1, 0.15) is 22.1 Å². The summed E-state index contributed by atoms with van der Waals surface area (Å²) in [6, 6.07) is 1.78. The van der Waals surface area contributed by atoms with E-state index >= 15 is 0 Å². The summed E-state index contributed by atoms with van der Waals surface area (Å²) < 4.78 is 0. The topological polar surface area (TPSA) is 131 Å². The van der Waals surface area contributed by atoms with Crippen LogP contribution in [0.25, 0.3) is 11.5 Å². The summed E-state index contributed by atoms with van der Waals surface area (Å²) in [5.41, 5.74) is 1.17. The number of nitrogens with zero attached hydrogens (tertiary/aromatic N) is 6. The van der Waals surface area contributed by atoms with E-state index in [1.807, 2.05) is 13.0 Å². The minimum Gasteiger partial charge on any atom is -0.477 e. The first-order valence-electron chi connectivity index (χ1n) is 14.2. The minimum atomic E-state index is -1.06. The zero-order valence-electron chi connectivity index (χ0n) is 24.2. The number of hydrogen-bond donors (Lipinski definition) is 3. The van der Waals surface area contributed by atoms with Gasteiger partial charge in [0.2, 0.25) is 0 Å². The van der Waals surface area contributed by atoms with Crippen LogP contribution >= 0.6 is 34.5 Å². The van der Waals surface area contributed by atoms with Gasteiger partial charge in [0.05, 0.1) is 10.0 Å². The average molecular weight is 636 g/mol. The van der Waals surface area contributed by atoms with Gasteiger partial charge < -0.3 is 25.2 Å². The highest BCUT2D eigenvalue weighted by atomic mass is 35.5. The molecule has 3 aromatic rings. The van der Waals surface area contributed by atoms with Gasteiger partial charge in [-0.15, -0.1) is 0 Å². The highest BCUT2D eigenvalue weighted by Crippen LogP contribution is 2.35. The van der Waals surface area contributed by atoms with E-state index in [4.69, 9.17) is 33.2 Å². The molecule has 3 aromatic heterocycles. The number of nitrogens with one attached hydrogen (secondary N) is 2. The molecule has 2 aliphatic heterocycles. The Bertz CT molecular complexity index is 1450. The fourth-order valence-corrected chi connectivity index (χ4v) is 6.91. The number of thiazole rings is 1. The largest absolute Gasteiger partial charge is 0.477 e. The normalized spacial score (nSPS) is 19.9. The Hall–Kier alpha value is -2.93. The van der Waals surface area contributed by atoms with Crippen LogP contribution in [-0.2, 0) is 0 Å². The third-order valence-electron chi connectivity index (χ3n) is 7.76. The molecule has 0 spiro atoms. The number of piperidine rings is 1. The number of carboxylic acid groups (broad SMARTS) is 1. The van der Waals surface area contributed by atoms with Crippen LogP contribution in [0.4, 0.5) is 10.9 Å². The van der Waals surface area contributed by atoms with Crippen LogP contribution in [0, 0.1) is 18.8 Å². The predicted molar refractivity (Wildman–Crippen MR) is 166 cm³/mol. The second kappa shape index (κ2) is 12.7. The van der Waals surface area contributed by atoms with Crippen LogP contribution in [0.5, 0.6) is 0 Å². The van der Waals surface area contributed by atoms with Gasteiger partial charge >= 0.3 is 5.97 Å². The zero-order chi connectivity index (χ0) is 30.1. The number of anilines is 2. The lowest BCUT2D eigenvalue weighted by atomic mass is 9.94. The van der Waals surface area contributed by atoms with Crippen molar-refractivity contribution in [2.75, 3.05) is 55.6 Å². The van der Waals surface area contributed by atoms with Crippen LogP contribution in [0.3, 0.4) is 0 Å². The minimum absolute atomic E-state index is 0.0718. The van der Waals surface area contributed by atoms with Gasteiger partial charge in [0.15, 0.2) is 11.0 Å². The fourth-order valence-electron chi connectivity index (χ4n) is 5.56. The first kappa shape index (κ1) is 30.5. The lowest BCUT2D eigenvalue weighted by Gasteiger charge is -2.37. The van der Waals surface area contributed by atoms with Crippen molar-refractivity contribution in [2.24, 2.45) is 11.8 Å². The molecule has 2 unspecified atom stereocenters. The first-order valence-corrected chi connectivity index (χ1v) is 15.7. The number of rotatable bonds is 8. The number of carbonyl (C=O) groups excluding carboxylic acids is 1. The number of aromatic carboxylic acids is 1. The summed E-state index contributed by atoms with van der Waals surface area (Å²) in [6.07, 6.45) is 2.33. The van der Waals surface area contributed by atoms with Gasteiger partial charge in [-0.05, 0) is 31.2 Å². The molecule has 0 radical (unpaired) electrons. The Morgan fingerprint density at radius 2 is 1.88 bits per heavy atom. The molecule has 0 aromatic carbocycles. The van der Waals surface area contributed by atoms with Crippen LogP contribution in [0.2, 0.25) is 10.0 Å². The quantitative estimate of drug-likeness (QED) is 0.324. The third-order valence-corrected chi connectivity index (χ3v) is 9.81. The van der Waals surface area contributed by atoms with Crippen LogP contribution in [0.1, 0.15) is 53.0 Å². The Morgan fingerprint density at radius 3 is 2.50 bits per heavy atom. The lowest BCUT2D eigenvalue weighted by molar-refractivity contribution is 0.0702. The Kier molecular flexibility index (Phi) is 9.26. The highest BCUT2D eigenvalue weighted by Gasteiger charge is 2.32. The number of piperazine rings is 1. The number of aromatic nitrogens is 4. The van der Waals surface area contributed by atoms with E-state index in [-0.39, 0.29) is 39.2 Å². The molecule has 11 nitrogen and oxygen atoms in total. The fraction of sp³-hybridized carbons (Fsp3) is 0.536. The van der Waals surface area contributed by atoms with Crippen LogP contribution in [-0.4, -0.2) is 93.7 Å². The number of aromatic amines is 1. The number of amides is 1. The van der Waals surface area contributed by atoms with Crippen molar-refractivity contribution in [3.63, 3.8) is 0 Å². The molecule has 2 aliphatic rings. The van der Waals surface area contributed by atoms with Crippen molar-refractivity contribution in [2.45, 2.75) is 40.2 Å². The number of halogens is 2. The summed E-state index contributed by atoms with van der Waals surface area (Å²) in [6.45, 7) is 14.1. The van der Waals surface area contributed by atoms with Crippen molar-refractivity contribution in [3.05, 3.63) is 38.6 Å². The van der Waals surface area contributed by atoms with Crippen molar-refractivity contribution >= 4 is 57.4 Å². The smallest absolute Gasteiger partial charge is 0.348 e. The zero-order valence-corrected chi connectivity index (χ0v) is 26.5. The van der Waals surface area contributed by atoms with Gasteiger partial charge in [-0.25, -0.2) is 19.7 Å². The molecule has 226 valence electrons. The van der Waals surface area contributed by atoms with Crippen molar-refractivity contribution in [1.82, 2.24) is 30.2 Å². The Labute approximate surface area is 259 Å². The molecule has 5 rings (SSSR count). The highest BCUT2D eigenvalue weighted by molar-refractivity contribution is 7.17. The van der Waals surface area contributed by atoms with Crippen LogP contribution in [0.15, 0.2) is 12.3 Å². The standard InChI is InChI=1S/C28H36Cl2N8O3S/c1-15(2)13-36-9-11-37(12-10-36)19-5-7-31-25(34-19)23-24(27(40)41)42-28(35-23)38-8-6-18(16(3)14-38)33-26(39)22-21(30)20(29)17(4)32-22/h5,7,15-16,18,32H,6,8-14H2,1-4H3,(H,33,39)(H,40,41). The molecule has 5 heterocycles. The van der Waals surface area contributed by atoms with Crippen molar-refractivity contribution < 1.29 is 14.7 Å². The van der Waals surface area contributed by atoms with E-state index in [9.17, 15) is 14.7 Å². The second-order valence-corrected chi connectivity index (χ2v) is 13.2. The second-order valence-electron chi connectivity index (χ2n) is 11.4. The molecule has 0 bridgehead atoms. The van der Waals surface area contributed by atoms with Gasteiger partial charge in [-0.1, -0.05) is 55.3 Å². The van der Waals surface area contributed by atoms with E-state index in [1.165, 1.54) is 0 Å². The summed E-state index contributed by atoms with van der Waals surface area (Å²) in [7, 11) is 0. The van der Waals surface area contributed by atoms with E-state index in [1.54, 1.807) is 13.1 Å².